The lowest BCUT2D eigenvalue weighted by Crippen LogP contribution is -2.55. The van der Waals surface area contributed by atoms with Gasteiger partial charge in [0.1, 0.15) is 5.78 Å². The van der Waals surface area contributed by atoms with Gasteiger partial charge in [-0.3, -0.25) is 9.59 Å². The number of Topliss-reactive ketones (excluding diaryl/α,β-unsaturated/α-hetero) is 1. The summed E-state index contributed by atoms with van der Waals surface area (Å²) in [5.74, 6) is 2.35. The third kappa shape index (κ3) is 2.00. The summed E-state index contributed by atoms with van der Waals surface area (Å²) in [5.41, 5.74) is 1.11. The minimum Gasteiger partial charge on any atom is -0.392 e. The Morgan fingerprint density at radius 2 is 1.92 bits per heavy atom. The van der Waals surface area contributed by atoms with E-state index in [4.69, 9.17) is 0 Å². The summed E-state index contributed by atoms with van der Waals surface area (Å²) in [6.45, 7) is 6.32. The smallest absolute Gasteiger partial charge is 0.158 e. The lowest BCUT2D eigenvalue weighted by Gasteiger charge is -2.59. The Kier molecular flexibility index (Phi) is 3.62. The van der Waals surface area contributed by atoms with Crippen LogP contribution in [0.25, 0.3) is 0 Å². The zero-order valence-corrected chi connectivity index (χ0v) is 15.2. The Morgan fingerprint density at radius 1 is 1.17 bits per heavy atom. The number of hydrogen-bond donors (Lipinski definition) is 1. The molecule has 0 aromatic carbocycles. The minimum absolute atomic E-state index is 0.0894. The molecule has 0 saturated heterocycles. The lowest BCUT2D eigenvalue weighted by molar-refractivity contribution is -0.134. The average molecular weight is 330 g/mol. The molecule has 4 rings (SSSR count). The molecule has 0 spiro atoms. The maximum absolute atomic E-state index is 12.2. The van der Waals surface area contributed by atoms with Gasteiger partial charge in [-0.15, -0.1) is 0 Å². The first-order valence-electron chi connectivity index (χ1n) is 9.71. The van der Waals surface area contributed by atoms with Crippen LogP contribution in [0.3, 0.4) is 0 Å². The standard InChI is InChI=1S/C21H30O3/c1-12(22)16-6-7-17-15-5-4-13-10-14(23)11-19(24)21(13,3)18(15)8-9-20(16,17)2/h10,15-19,24H,4-9,11H2,1-3H3/t15?,16-,17?,18?,19?,20-,21+/m1/s1. The first-order valence-corrected chi connectivity index (χ1v) is 9.71. The molecule has 4 aliphatic rings. The summed E-state index contributed by atoms with van der Waals surface area (Å²) >= 11 is 0. The van der Waals surface area contributed by atoms with Crippen molar-refractivity contribution in [2.45, 2.75) is 71.8 Å². The van der Waals surface area contributed by atoms with Crippen LogP contribution in [-0.2, 0) is 9.59 Å². The van der Waals surface area contributed by atoms with Crippen LogP contribution in [0.2, 0.25) is 0 Å². The molecule has 3 fully saturated rings. The van der Waals surface area contributed by atoms with Crippen LogP contribution in [0.4, 0.5) is 0 Å². The predicted octanol–water partition coefficient (Wildman–Crippen LogP) is 3.69. The number of fused-ring (bicyclic) bond motifs is 5. The Morgan fingerprint density at radius 3 is 2.62 bits per heavy atom. The van der Waals surface area contributed by atoms with E-state index in [1.807, 2.05) is 6.08 Å². The lowest BCUT2D eigenvalue weighted by atomic mass is 9.46. The maximum Gasteiger partial charge on any atom is 0.158 e. The number of carbonyl (C=O) groups is 2. The van der Waals surface area contributed by atoms with E-state index in [0.29, 0.717) is 23.5 Å². The Labute approximate surface area is 144 Å². The summed E-state index contributed by atoms with van der Waals surface area (Å²) in [4.78, 5) is 24.1. The van der Waals surface area contributed by atoms with Crippen molar-refractivity contribution in [2.24, 2.45) is 34.5 Å². The second-order valence-electron chi connectivity index (χ2n) is 9.34. The highest BCUT2D eigenvalue weighted by molar-refractivity contribution is 5.92. The van der Waals surface area contributed by atoms with Gasteiger partial charge in [-0.2, -0.15) is 0 Å². The van der Waals surface area contributed by atoms with E-state index >= 15 is 0 Å². The van der Waals surface area contributed by atoms with Crippen LogP contribution in [0, 0.1) is 34.5 Å². The van der Waals surface area contributed by atoms with Gasteiger partial charge in [0, 0.05) is 17.8 Å². The molecule has 0 amide bonds. The van der Waals surface area contributed by atoms with Crippen molar-refractivity contribution >= 4 is 11.6 Å². The molecule has 0 aromatic heterocycles. The molecular weight excluding hydrogens is 300 g/mol. The van der Waals surface area contributed by atoms with E-state index in [2.05, 4.69) is 13.8 Å². The Hall–Kier alpha value is -0.960. The van der Waals surface area contributed by atoms with Crippen LogP contribution >= 0.6 is 0 Å². The molecule has 3 nitrogen and oxygen atoms in total. The summed E-state index contributed by atoms with van der Waals surface area (Å²) in [7, 11) is 0. The normalized spacial score (nSPS) is 50.6. The van der Waals surface area contributed by atoms with Gasteiger partial charge < -0.3 is 5.11 Å². The number of rotatable bonds is 1. The van der Waals surface area contributed by atoms with Crippen molar-refractivity contribution < 1.29 is 14.7 Å². The van der Waals surface area contributed by atoms with Crippen molar-refractivity contribution in [3.63, 3.8) is 0 Å². The molecule has 132 valence electrons. The fraction of sp³-hybridized carbons (Fsp3) is 0.810. The molecule has 1 N–H and O–H groups in total. The van der Waals surface area contributed by atoms with E-state index in [1.54, 1.807) is 6.92 Å². The third-order valence-electron chi connectivity index (χ3n) is 8.56. The zero-order valence-electron chi connectivity index (χ0n) is 15.2. The van der Waals surface area contributed by atoms with Crippen LogP contribution < -0.4 is 0 Å². The second kappa shape index (κ2) is 5.27. The van der Waals surface area contributed by atoms with Gasteiger partial charge in [0.2, 0.25) is 0 Å². The first kappa shape index (κ1) is 16.5. The summed E-state index contributed by atoms with van der Waals surface area (Å²) in [6.07, 6.45) is 8.02. The zero-order chi connectivity index (χ0) is 17.3. The molecule has 3 heteroatoms. The Bertz CT molecular complexity index is 621. The largest absolute Gasteiger partial charge is 0.392 e. The van der Waals surface area contributed by atoms with Gasteiger partial charge in [-0.05, 0) is 74.7 Å². The van der Waals surface area contributed by atoms with E-state index in [9.17, 15) is 14.7 Å². The molecule has 4 unspecified atom stereocenters. The average Bonchev–Trinajstić information content (AvgIpc) is 2.86. The van der Waals surface area contributed by atoms with Crippen LogP contribution in [0.5, 0.6) is 0 Å². The molecule has 3 saturated carbocycles. The van der Waals surface area contributed by atoms with Crippen molar-refractivity contribution in [1.82, 2.24) is 0 Å². The molecule has 24 heavy (non-hydrogen) atoms. The summed E-state index contributed by atoms with van der Waals surface area (Å²) in [5, 5.41) is 10.8. The fourth-order valence-corrected chi connectivity index (χ4v) is 7.28. The number of ketones is 2. The van der Waals surface area contributed by atoms with Gasteiger partial charge in [0.15, 0.2) is 5.78 Å². The van der Waals surface area contributed by atoms with Gasteiger partial charge in [0.05, 0.1) is 6.10 Å². The predicted molar refractivity (Wildman–Crippen MR) is 92.3 cm³/mol. The molecule has 0 aliphatic heterocycles. The van der Waals surface area contributed by atoms with Crippen LogP contribution in [-0.4, -0.2) is 22.8 Å². The van der Waals surface area contributed by atoms with Gasteiger partial charge in [-0.1, -0.05) is 19.4 Å². The molecule has 0 radical (unpaired) electrons. The van der Waals surface area contributed by atoms with Gasteiger partial charge in [-0.25, -0.2) is 0 Å². The van der Waals surface area contributed by atoms with E-state index < -0.39 is 6.10 Å². The van der Waals surface area contributed by atoms with Crippen LogP contribution in [0.1, 0.15) is 65.7 Å². The van der Waals surface area contributed by atoms with Gasteiger partial charge >= 0.3 is 0 Å². The number of aliphatic hydroxyl groups is 1. The molecule has 0 heterocycles. The van der Waals surface area contributed by atoms with Crippen molar-refractivity contribution in [1.29, 1.82) is 0 Å². The van der Waals surface area contributed by atoms with Crippen molar-refractivity contribution in [2.75, 3.05) is 0 Å². The molecular formula is C21H30O3. The van der Waals surface area contributed by atoms with Crippen molar-refractivity contribution in [3.05, 3.63) is 11.6 Å². The summed E-state index contributed by atoms with van der Waals surface area (Å²) in [6, 6.07) is 0. The first-order chi connectivity index (χ1) is 11.3. The number of aliphatic hydroxyl groups excluding tert-OH is 1. The maximum atomic E-state index is 12.2. The topological polar surface area (TPSA) is 54.4 Å². The highest BCUT2D eigenvalue weighted by atomic mass is 16.3. The SMILES string of the molecule is CC(=O)[C@H]1CCC2C3CCC4=CC(=O)CC(O)[C@]4(C)C3CC[C@@]21C. The third-order valence-corrected chi connectivity index (χ3v) is 8.56. The van der Waals surface area contributed by atoms with Gasteiger partial charge in [0.25, 0.3) is 0 Å². The highest BCUT2D eigenvalue weighted by Gasteiger charge is 2.61. The van der Waals surface area contributed by atoms with E-state index in [1.165, 1.54) is 5.57 Å². The van der Waals surface area contributed by atoms with Crippen molar-refractivity contribution in [3.8, 4) is 0 Å². The fourth-order valence-electron chi connectivity index (χ4n) is 7.28. The van der Waals surface area contributed by atoms with E-state index in [0.717, 1.165) is 38.5 Å². The molecule has 7 atom stereocenters. The highest BCUT2D eigenvalue weighted by Crippen LogP contribution is 2.66. The van der Waals surface area contributed by atoms with Crippen LogP contribution in [0.15, 0.2) is 11.6 Å². The number of hydrogen-bond acceptors (Lipinski definition) is 3. The quantitative estimate of drug-likeness (QED) is 0.797. The summed E-state index contributed by atoms with van der Waals surface area (Å²) < 4.78 is 0. The minimum atomic E-state index is -0.535. The second-order valence-corrected chi connectivity index (χ2v) is 9.34. The Balaban J connectivity index is 1.70. The number of carbonyl (C=O) groups excluding carboxylic acids is 2. The van der Waals surface area contributed by atoms with E-state index in [-0.39, 0.29) is 29.0 Å². The monoisotopic (exact) mass is 330 g/mol. The molecule has 4 aliphatic carbocycles. The molecule has 0 aromatic rings. The molecule has 0 bridgehead atoms.